The Balaban J connectivity index is 4.16. The zero-order valence-electron chi connectivity index (χ0n) is 37.4. The number of carbonyl (C=O) groups excluding carboxylic acids is 3. The first kappa shape index (κ1) is 53.4. The molecule has 0 aromatic carbocycles. The molecular weight excluding hydrogens is 685 g/mol. The van der Waals surface area contributed by atoms with Crippen LogP contribution in [-0.2, 0) is 28.6 Å². The maximum Gasteiger partial charge on any atom is 0.306 e. The summed E-state index contributed by atoms with van der Waals surface area (Å²) >= 11 is 0. The Morgan fingerprint density at radius 2 is 0.600 bits per heavy atom. The van der Waals surface area contributed by atoms with E-state index in [1.54, 1.807) is 0 Å². The van der Waals surface area contributed by atoms with E-state index in [-0.39, 0.29) is 31.1 Å². The molecule has 0 aromatic rings. The van der Waals surface area contributed by atoms with Crippen molar-refractivity contribution in [3.8, 4) is 0 Å². The number of hydrogen-bond acceptors (Lipinski definition) is 6. The van der Waals surface area contributed by atoms with Crippen LogP contribution in [0.25, 0.3) is 0 Å². The molecule has 0 aliphatic carbocycles. The fourth-order valence-electron chi connectivity index (χ4n) is 7.33. The van der Waals surface area contributed by atoms with Crippen molar-refractivity contribution in [1.29, 1.82) is 0 Å². The molecule has 0 unspecified atom stereocenters. The fourth-order valence-corrected chi connectivity index (χ4v) is 7.33. The van der Waals surface area contributed by atoms with Crippen molar-refractivity contribution in [3.63, 3.8) is 0 Å². The number of hydrogen-bond donors (Lipinski definition) is 0. The molecule has 6 heteroatoms. The van der Waals surface area contributed by atoms with Crippen LogP contribution in [0, 0.1) is 5.92 Å². The van der Waals surface area contributed by atoms with Gasteiger partial charge in [-0.3, -0.25) is 14.4 Å². The Labute approximate surface area is 342 Å². The molecule has 55 heavy (non-hydrogen) atoms. The van der Waals surface area contributed by atoms with E-state index >= 15 is 0 Å². The van der Waals surface area contributed by atoms with E-state index in [2.05, 4.69) is 27.7 Å². The quantitative estimate of drug-likeness (QED) is 0.0348. The van der Waals surface area contributed by atoms with Crippen molar-refractivity contribution in [2.45, 2.75) is 278 Å². The van der Waals surface area contributed by atoms with Crippen molar-refractivity contribution in [2.75, 3.05) is 13.2 Å². The molecule has 0 rings (SSSR count). The first-order valence-corrected chi connectivity index (χ1v) is 24.4. The molecule has 0 N–H and O–H groups in total. The van der Waals surface area contributed by atoms with Gasteiger partial charge in [0.05, 0.1) is 0 Å². The van der Waals surface area contributed by atoms with Gasteiger partial charge in [0, 0.05) is 19.3 Å². The van der Waals surface area contributed by atoms with Crippen molar-refractivity contribution in [3.05, 3.63) is 0 Å². The molecule has 0 fully saturated rings. The zero-order valence-corrected chi connectivity index (χ0v) is 37.4. The molecule has 326 valence electrons. The second-order valence-corrected chi connectivity index (χ2v) is 17.2. The molecule has 1 atom stereocenters. The van der Waals surface area contributed by atoms with Crippen molar-refractivity contribution >= 4 is 17.9 Å². The number of carbonyl (C=O) groups is 3. The highest BCUT2D eigenvalue weighted by Gasteiger charge is 2.19. The first-order chi connectivity index (χ1) is 26.9. The fraction of sp³-hybridized carbons (Fsp3) is 0.939. The first-order valence-electron chi connectivity index (χ1n) is 24.4. The number of rotatable bonds is 44. The van der Waals surface area contributed by atoms with E-state index in [0.717, 1.165) is 63.7 Å². The topological polar surface area (TPSA) is 78.9 Å². The maximum atomic E-state index is 12.7. The normalized spacial score (nSPS) is 11.9. The Kier molecular flexibility index (Phi) is 42.3. The molecule has 0 heterocycles. The summed E-state index contributed by atoms with van der Waals surface area (Å²) in [5.74, 6) is -0.00347. The van der Waals surface area contributed by atoms with Crippen LogP contribution < -0.4 is 0 Å². The van der Waals surface area contributed by atoms with Crippen LogP contribution in [0.2, 0.25) is 0 Å². The van der Waals surface area contributed by atoms with Crippen LogP contribution in [0.15, 0.2) is 0 Å². The lowest BCUT2D eigenvalue weighted by atomic mass is 10.0. The van der Waals surface area contributed by atoms with Crippen LogP contribution in [0.1, 0.15) is 272 Å². The predicted molar refractivity (Wildman–Crippen MR) is 233 cm³/mol. The third-order valence-electron chi connectivity index (χ3n) is 11.0. The lowest BCUT2D eigenvalue weighted by Gasteiger charge is -2.18. The van der Waals surface area contributed by atoms with E-state index in [1.807, 2.05) is 0 Å². The van der Waals surface area contributed by atoms with Crippen molar-refractivity contribution in [1.82, 2.24) is 0 Å². The summed E-state index contributed by atoms with van der Waals surface area (Å²) in [6.45, 7) is 8.98. The average Bonchev–Trinajstić information content (AvgIpc) is 3.17. The van der Waals surface area contributed by atoms with Gasteiger partial charge in [0.2, 0.25) is 0 Å². The highest BCUT2D eigenvalue weighted by molar-refractivity contribution is 5.71. The largest absolute Gasteiger partial charge is 0.462 e. The molecule has 6 nitrogen and oxygen atoms in total. The summed E-state index contributed by atoms with van der Waals surface area (Å²) < 4.78 is 16.7. The lowest BCUT2D eigenvalue weighted by Crippen LogP contribution is -2.30. The molecule has 0 aliphatic rings. The number of ether oxygens (including phenoxy) is 3. The molecule has 0 bridgehead atoms. The Bertz CT molecular complexity index is 826. The van der Waals surface area contributed by atoms with Gasteiger partial charge in [-0.1, -0.05) is 233 Å². The minimum absolute atomic E-state index is 0.0635. The third kappa shape index (κ3) is 43.4. The summed E-state index contributed by atoms with van der Waals surface area (Å²) in [7, 11) is 0. The summed E-state index contributed by atoms with van der Waals surface area (Å²) in [5.41, 5.74) is 0. The highest BCUT2D eigenvalue weighted by atomic mass is 16.6. The standard InChI is InChI=1S/C49H94O6/c1-5-7-9-11-13-14-21-26-30-34-38-42-49(52)55-46(43-53-47(50)40-36-32-27-12-10-8-6-2)44-54-48(51)41-37-33-29-25-23-20-18-16-15-17-19-22-24-28-31-35-39-45(3)4/h45-46H,5-44H2,1-4H3/t46-/m1/s1. The Hall–Kier alpha value is -1.59. The van der Waals surface area contributed by atoms with Gasteiger partial charge in [0.1, 0.15) is 13.2 Å². The van der Waals surface area contributed by atoms with Gasteiger partial charge < -0.3 is 14.2 Å². The van der Waals surface area contributed by atoms with Gasteiger partial charge >= 0.3 is 17.9 Å². The molecule has 0 aromatic heterocycles. The SMILES string of the molecule is CCCCCCCCCCCCCC(=O)O[C@H](COC(=O)CCCCCCCCC)COC(=O)CCCCCCCCCCCCCCCCCCC(C)C. The van der Waals surface area contributed by atoms with E-state index in [0.29, 0.717) is 19.3 Å². The predicted octanol–water partition coefficient (Wildman–Crippen LogP) is 15.5. The van der Waals surface area contributed by atoms with Crippen molar-refractivity contribution < 1.29 is 28.6 Å². The Morgan fingerprint density at radius 1 is 0.345 bits per heavy atom. The van der Waals surface area contributed by atoms with Crippen LogP contribution in [0.5, 0.6) is 0 Å². The second-order valence-electron chi connectivity index (χ2n) is 17.2. The number of unbranched alkanes of at least 4 members (excludes halogenated alkanes) is 31. The average molecular weight is 779 g/mol. The van der Waals surface area contributed by atoms with E-state index in [4.69, 9.17) is 14.2 Å². The molecular formula is C49H94O6. The minimum Gasteiger partial charge on any atom is -0.462 e. The van der Waals surface area contributed by atoms with Gasteiger partial charge in [-0.2, -0.15) is 0 Å². The van der Waals surface area contributed by atoms with Gasteiger partial charge in [-0.25, -0.2) is 0 Å². The van der Waals surface area contributed by atoms with Crippen molar-refractivity contribution in [2.24, 2.45) is 5.92 Å². The van der Waals surface area contributed by atoms with Crippen LogP contribution in [0.3, 0.4) is 0 Å². The van der Waals surface area contributed by atoms with E-state index in [9.17, 15) is 14.4 Å². The summed E-state index contributed by atoms with van der Waals surface area (Å²) in [6.07, 6.45) is 43.9. The van der Waals surface area contributed by atoms with Crippen LogP contribution in [-0.4, -0.2) is 37.2 Å². The molecule has 0 aliphatic heterocycles. The maximum absolute atomic E-state index is 12.7. The van der Waals surface area contributed by atoms with E-state index < -0.39 is 6.10 Å². The molecule has 0 saturated heterocycles. The molecule has 0 saturated carbocycles. The van der Waals surface area contributed by atoms with Gasteiger partial charge in [-0.05, 0) is 25.2 Å². The highest BCUT2D eigenvalue weighted by Crippen LogP contribution is 2.17. The smallest absolute Gasteiger partial charge is 0.306 e. The Morgan fingerprint density at radius 3 is 0.891 bits per heavy atom. The van der Waals surface area contributed by atoms with Gasteiger partial charge in [-0.15, -0.1) is 0 Å². The third-order valence-corrected chi connectivity index (χ3v) is 11.0. The monoisotopic (exact) mass is 779 g/mol. The van der Waals surface area contributed by atoms with Gasteiger partial charge in [0.15, 0.2) is 6.10 Å². The minimum atomic E-state index is -0.758. The second kappa shape index (κ2) is 43.5. The van der Waals surface area contributed by atoms with Crippen LogP contribution >= 0.6 is 0 Å². The van der Waals surface area contributed by atoms with Crippen LogP contribution in [0.4, 0.5) is 0 Å². The zero-order chi connectivity index (χ0) is 40.3. The molecule has 0 radical (unpaired) electrons. The summed E-state index contributed by atoms with van der Waals surface area (Å²) in [6, 6.07) is 0. The van der Waals surface area contributed by atoms with E-state index in [1.165, 1.54) is 167 Å². The summed E-state index contributed by atoms with van der Waals surface area (Å²) in [4.78, 5) is 37.6. The number of esters is 3. The lowest BCUT2D eigenvalue weighted by molar-refractivity contribution is -0.167. The summed E-state index contributed by atoms with van der Waals surface area (Å²) in [5, 5.41) is 0. The molecule has 0 spiro atoms. The molecule has 0 amide bonds. The van der Waals surface area contributed by atoms with Gasteiger partial charge in [0.25, 0.3) is 0 Å².